The van der Waals surface area contributed by atoms with Crippen LogP contribution < -0.4 is 0 Å². The van der Waals surface area contributed by atoms with Gasteiger partial charge in [0.2, 0.25) is 5.91 Å². The van der Waals surface area contributed by atoms with Crippen LogP contribution in [0.5, 0.6) is 0 Å². The van der Waals surface area contributed by atoms with E-state index in [2.05, 4.69) is 26.0 Å². The number of hydrogen-bond donors (Lipinski definition) is 2. The van der Waals surface area contributed by atoms with Gasteiger partial charge in [-0.25, -0.2) is 0 Å². The molecule has 0 bridgehead atoms. The first-order chi connectivity index (χ1) is 14.5. The highest BCUT2D eigenvalue weighted by molar-refractivity contribution is 5.76. The zero-order chi connectivity index (χ0) is 21.5. The van der Waals surface area contributed by atoms with E-state index in [0.717, 1.165) is 58.0 Å². The predicted molar refractivity (Wildman–Crippen MR) is 122 cm³/mol. The number of carbonyl (C=O) groups is 1. The maximum Gasteiger partial charge on any atom is 0.222 e. The van der Waals surface area contributed by atoms with Crippen molar-refractivity contribution < 1.29 is 15.0 Å². The van der Waals surface area contributed by atoms with Crippen LogP contribution in [0.25, 0.3) is 0 Å². The number of unbranched alkanes of at least 4 members (excludes halogenated alkanes) is 1. The molecule has 0 aromatic rings. The summed E-state index contributed by atoms with van der Waals surface area (Å²) in [6, 6.07) is 0. The third-order valence-corrected chi connectivity index (χ3v) is 7.55. The SMILES string of the molecule is CCCC[C@H](C)C[C@H](O)/C=C/[C@@H]1[C@H]2CC(CCCC(=O)N3CCCC3)=C[C@H]2C[C@H]1O. The largest absolute Gasteiger partial charge is 0.392 e. The first kappa shape index (κ1) is 23.5. The van der Waals surface area contributed by atoms with Crippen LogP contribution in [0.1, 0.15) is 84.5 Å². The summed E-state index contributed by atoms with van der Waals surface area (Å²) in [6.07, 6.45) is 16.9. The Morgan fingerprint density at radius 2 is 2.07 bits per heavy atom. The van der Waals surface area contributed by atoms with E-state index in [1.165, 1.54) is 24.8 Å². The molecule has 3 rings (SSSR count). The van der Waals surface area contributed by atoms with E-state index in [1.807, 2.05) is 11.0 Å². The zero-order valence-electron chi connectivity index (χ0n) is 19.1. The van der Waals surface area contributed by atoms with Crippen molar-refractivity contribution in [2.24, 2.45) is 23.7 Å². The van der Waals surface area contributed by atoms with Crippen molar-refractivity contribution >= 4 is 5.91 Å². The number of rotatable bonds is 11. The molecule has 170 valence electrons. The molecule has 2 fully saturated rings. The van der Waals surface area contributed by atoms with E-state index in [-0.39, 0.29) is 12.0 Å². The normalized spacial score (nSPS) is 30.7. The lowest BCUT2D eigenvalue weighted by molar-refractivity contribution is -0.130. The first-order valence-electron chi connectivity index (χ1n) is 12.5. The molecule has 1 saturated heterocycles. The summed E-state index contributed by atoms with van der Waals surface area (Å²) in [5.74, 6) is 1.93. The standard InChI is InChI=1S/C26H43NO3/c1-3-4-8-19(2)15-22(28)11-12-23-24-17-20(16-21(24)18-25(23)29)9-7-10-26(30)27-13-5-6-14-27/h11-12,16,19,21-25,28-29H,3-10,13-15,17-18H2,1-2H3/b12-11+/t19-,21-,22+,23+,24-,25+/m0/s1. The van der Waals surface area contributed by atoms with Gasteiger partial charge in [0.25, 0.3) is 0 Å². The number of amides is 1. The van der Waals surface area contributed by atoms with Gasteiger partial charge in [-0.05, 0) is 62.7 Å². The lowest BCUT2D eigenvalue weighted by Crippen LogP contribution is -2.27. The Morgan fingerprint density at radius 3 is 2.80 bits per heavy atom. The lowest BCUT2D eigenvalue weighted by atomic mass is 9.88. The summed E-state index contributed by atoms with van der Waals surface area (Å²) in [4.78, 5) is 14.3. The van der Waals surface area contributed by atoms with Crippen LogP contribution in [-0.4, -0.2) is 46.3 Å². The molecule has 1 saturated carbocycles. The monoisotopic (exact) mass is 417 g/mol. The molecule has 4 heteroatoms. The molecule has 6 atom stereocenters. The molecule has 0 spiro atoms. The molecular formula is C26H43NO3. The minimum atomic E-state index is -0.409. The van der Waals surface area contributed by atoms with Crippen molar-refractivity contribution in [3.05, 3.63) is 23.8 Å². The molecule has 2 aliphatic carbocycles. The molecule has 30 heavy (non-hydrogen) atoms. The van der Waals surface area contributed by atoms with Gasteiger partial charge >= 0.3 is 0 Å². The van der Waals surface area contributed by atoms with E-state index in [9.17, 15) is 15.0 Å². The van der Waals surface area contributed by atoms with Crippen LogP contribution in [0, 0.1) is 23.7 Å². The molecule has 1 aliphatic heterocycles. The fraction of sp³-hybridized carbons (Fsp3) is 0.808. The quantitative estimate of drug-likeness (QED) is 0.472. The molecular weight excluding hydrogens is 374 g/mol. The third-order valence-electron chi connectivity index (χ3n) is 7.55. The highest BCUT2D eigenvalue weighted by atomic mass is 16.3. The van der Waals surface area contributed by atoms with Gasteiger partial charge in [-0.2, -0.15) is 0 Å². The molecule has 1 heterocycles. The second-order valence-corrected chi connectivity index (χ2v) is 10.1. The highest BCUT2D eigenvalue weighted by Crippen LogP contribution is 2.48. The maximum atomic E-state index is 12.2. The Hall–Kier alpha value is -1.13. The van der Waals surface area contributed by atoms with Crippen LogP contribution in [-0.2, 0) is 4.79 Å². The Labute approximate surface area is 183 Å². The third kappa shape index (κ3) is 6.43. The Balaban J connectivity index is 1.42. The number of aliphatic hydroxyl groups is 2. The maximum absolute atomic E-state index is 12.2. The van der Waals surface area contributed by atoms with Gasteiger partial charge < -0.3 is 15.1 Å². The number of hydrogen-bond acceptors (Lipinski definition) is 3. The number of aliphatic hydroxyl groups excluding tert-OH is 2. The fourth-order valence-corrected chi connectivity index (χ4v) is 5.80. The van der Waals surface area contributed by atoms with E-state index in [0.29, 0.717) is 30.1 Å². The van der Waals surface area contributed by atoms with Gasteiger partial charge in [-0.3, -0.25) is 4.79 Å². The minimum Gasteiger partial charge on any atom is -0.392 e. The summed E-state index contributed by atoms with van der Waals surface area (Å²) in [7, 11) is 0. The van der Waals surface area contributed by atoms with Crippen molar-refractivity contribution in [3.63, 3.8) is 0 Å². The fourth-order valence-electron chi connectivity index (χ4n) is 5.80. The Morgan fingerprint density at radius 1 is 1.30 bits per heavy atom. The van der Waals surface area contributed by atoms with Crippen LogP contribution >= 0.6 is 0 Å². The van der Waals surface area contributed by atoms with E-state index in [4.69, 9.17) is 0 Å². The van der Waals surface area contributed by atoms with Crippen molar-refractivity contribution in [2.75, 3.05) is 13.1 Å². The first-order valence-corrected chi connectivity index (χ1v) is 12.5. The average molecular weight is 418 g/mol. The van der Waals surface area contributed by atoms with Gasteiger partial charge in [-0.15, -0.1) is 0 Å². The smallest absolute Gasteiger partial charge is 0.222 e. The molecule has 4 nitrogen and oxygen atoms in total. The van der Waals surface area contributed by atoms with Crippen LogP contribution in [0.3, 0.4) is 0 Å². The Bertz CT molecular complexity index is 607. The summed E-state index contributed by atoms with van der Waals surface area (Å²) >= 11 is 0. The van der Waals surface area contributed by atoms with Gasteiger partial charge in [-0.1, -0.05) is 56.9 Å². The highest BCUT2D eigenvalue weighted by Gasteiger charge is 2.43. The number of allylic oxidation sites excluding steroid dienone is 2. The summed E-state index contributed by atoms with van der Waals surface area (Å²) in [5, 5.41) is 20.9. The Kier molecular flexibility index (Phi) is 9.00. The molecule has 1 amide bonds. The van der Waals surface area contributed by atoms with Crippen molar-refractivity contribution in [1.29, 1.82) is 0 Å². The van der Waals surface area contributed by atoms with Gasteiger partial charge in [0, 0.05) is 25.4 Å². The van der Waals surface area contributed by atoms with Gasteiger partial charge in [0.05, 0.1) is 12.2 Å². The molecule has 3 aliphatic rings. The number of carbonyl (C=O) groups excluding carboxylic acids is 1. The second kappa shape index (κ2) is 11.5. The summed E-state index contributed by atoms with van der Waals surface area (Å²) in [5.41, 5.74) is 1.47. The molecule has 0 aromatic carbocycles. The number of fused-ring (bicyclic) bond motifs is 1. The molecule has 0 radical (unpaired) electrons. The summed E-state index contributed by atoms with van der Waals surface area (Å²) in [6.45, 7) is 6.31. The van der Waals surface area contributed by atoms with Crippen LogP contribution in [0.15, 0.2) is 23.8 Å². The van der Waals surface area contributed by atoms with Crippen LogP contribution in [0.4, 0.5) is 0 Å². The molecule has 2 N–H and O–H groups in total. The van der Waals surface area contributed by atoms with E-state index >= 15 is 0 Å². The molecule has 0 unspecified atom stereocenters. The van der Waals surface area contributed by atoms with Crippen molar-refractivity contribution in [2.45, 2.75) is 96.7 Å². The van der Waals surface area contributed by atoms with Gasteiger partial charge in [0.15, 0.2) is 0 Å². The lowest BCUT2D eigenvalue weighted by Gasteiger charge is -2.20. The number of nitrogens with zero attached hydrogens (tertiary/aromatic N) is 1. The van der Waals surface area contributed by atoms with E-state index in [1.54, 1.807) is 0 Å². The van der Waals surface area contributed by atoms with Crippen LogP contribution in [0.2, 0.25) is 0 Å². The zero-order valence-corrected chi connectivity index (χ0v) is 19.1. The summed E-state index contributed by atoms with van der Waals surface area (Å²) < 4.78 is 0. The predicted octanol–water partition coefficient (Wildman–Crippen LogP) is 4.86. The van der Waals surface area contributed by atoms with E-state index < -0.39 is 6.10 Å². The average Bonchev–Trinajstić information content (AvgIpc) is 3.42. The minimum absolute atomic E-state index is 0.149. The van der Waals surface area contributed by atoms with Crippen molar-refractivity contribution in [3.8, 4) is 0 Å². The topological polar surface area (TPSA) is 60.8 Å². The number of likely N-dealkylation sites (tertiary alicyclic amines) is 1. The van der Waals surface area contributed by atoms with Gasteiger partial charge in [0.1, 0.15) is 0 Å². The second-order valence-electron chi connectivity index (χ2n) is 10.1. The van der Waals surface area contributed by atoms with Crippen molar-refractivity contribution in [1.82, 2.24) is 4.90 Å². The molecule has 0 aromatic heterocycles.